The summed E-state index contributed by atoms with van der Waals surface area (Å²) >= 11 is 11.6. The van der Waals surface area contributed by atoms with Gasteiger partial charge in [-0.2, -0.15) is 0 Å². The Morgan fingerprint density at radius 1 is 1.45 bits per heavy atom. The molecule has 1 heterocycles. The van der Waals surface area contributed by atoms with Crippen LogP contribution in [0.1, 0.15) is 13.8 Å². The van der Waals surface area contributed by atoms with Crippen LogP contribution in [0.25, 0.3) is 0 Å². The molecule has 20 heavy (non-hydrogen) atoms. The van der Waals surface area contributed by atoms with Gasteiger partial charge in [-0.05, 0) is 26.0 Å². The van der Waals surface area contributed by atoms with Gasteiger partial charge in [-0.15, -0.1) is 0 Å². The molecule has 112 valence electrons. The van der Waals surface area contributed by atoms with Crippen molar-refractivity contribution in [2.75, 3.05) is 13.2 Å². The van der Waals surface area contributed by atoms with Crippen molar-refractivity contribution in [3.05, 3.63) is 29.3 Å². The molecular weight excluding hydrogens is 326 g/mol. The molecule has 1 fully saturated rings. The van der Waals surface area contributed by atoms with Crippen LogP contribution in [0.2, 0.25) is 5.02 Å². The highest BCUT2D eigenvalue weighted by Crippen LogP contribution is 2.54. The summed E-state index contributed by atoms with van der Waals surface area (Å²) in [5.41, 5.74) is 0. The largest absolute Gasteiger partial charge is 0.476 e. The average Bonchev–Trinajstić information content (AvgIpc) is 2.70. The first-order chi connectivity index (χ1) is 9.27. The summed E-state index contributed by atoms with van der Waals surface area (Å²) in [6.07, 6.45) is -0.341. The van der Waals surface area contributed by atoms with Crippen molar-refractivity contribution in [2.24, 2.45) is 0 Å². The SMILES string of the molecule is CC1(C)OC[C@H](COP(=O)(Cl)Oc2ccccc2Cl)O1. The molecule has 1 unspecified atom stereocenters. The molecule has 1 aliphatic rings. The van der Waals surface area contributed by atoms with Crippen molar-refractivity contribution in [3.63, 3.8) is 0 Å². The number of hydrogen-bond acceptors (Lipinski definition) is 5. The van der Waals surface area contributed by atoms with Gasteiger partial charge in [0, 0.05) is 11.2 Å². The fourth-order valence-corrected chi connectivity index (χ4v) is 3.09. The number of halogens is 2. The molecule has 0 N–H and O–H groups in total. The predicted molar refractivity (Wildman–Crippen MR) is 76.4 cm³/mol. The fraction of sp³-hybridized carbons (Fsp3) is 0.500. The maximum absolute atomic E-state index is 12.0. The first-order valence-corrected chi connectivity index (χ1v) is 8.80. The summed E-state index contributed by atoms with van der Waals surface area (Å²) in [6.45, 7) is 0.139. The Labute approximate surface area is 127 Å². The van der Waals surface area contributed by atoms with Crippen LogP contribution in [-0.2, 0) is 18.6 Å². The maximum Gasteiger partial charge on any atom is 0.476 e. The molecule has 0 spiro atoms. The smallest absolute Gasteiger partial charge is 0.412 e. The second kappa shape index (κ2) is 6.22. The second-order valence-electron chi connectivity index (χ2n) is 4.70. The molecule has 1 saturated heterocycles. The van der Waals surface area contributed by atoms with Crippen molar-refractivity contribution in [3.8, 4) is 5.75 Å². The van der Waals surface area contributed by atoms with Gasteiger partial charge in [0.25, 0.3) is 0 Å². The lowest BCUT2D eigenvalue weighted by Crippen LogP contribution is -2.23. The molecule has 0 saturated carbocycles. The molecule has 8 heteroatoms. The Morgan fingerprint density at radius 3 is 2.75 bits per heavy atom. The number of ether oxygens (including phenoxy) is 2. The summed E-state index contributed by atoms with van der Waals surface area (Å²) in [7, 11) is 0. The van der Waals surface area contributed by atoms with E-state index in [4.69, 9.17) is 41.4 Å². The van der Waals surface area contributed by atoms with Gasteiger partial charge in [0.15, 0.2) is 5.79 Å². The summed E-state index contributed by atoms with van der Waals surface area (Å²) < 4.78 is 33.1. The zero-order valence-corrected chi connectivity index (χ0v) is 13.5. The van der Waals surface area contributed by atoms with E-state index in [2.05, 4.69) is 0 Å². The van der Waals surface area contributed by atoms with E-state index in [9.17, 15) is 4.57 Å². The molecule has 2 atom stereocenters. The van der Waals surface area contributed by atoms with Crippen LogP contribution in [0.3, 0.4) is 0 Å². The first-order valence-electron chi connectivity index (χ1n) is 5.98. The van der Waals surface area contributed by atoms with Crippen LogP contribution in [0, 0.1) is 0 Å². The third kappa shape index (κ3) is 4.62. The molecule has 0 bridgehead atoms. The van der Waals surface area contributed by atoms with Crippen molar-refractivity contribution >= 4 is 29.8 Å². The molecule has 1 aromatic carbocycles. The topological polar surface area (TPSA) is 54.0 Å². The summed E-state index contributed by atoms with van der Waals surface area (Å²) in [6, 6.07) is 6.57. The Morgan fingerprint density at radius 2 is 2.15 bits per heavy atom. The molecule has 5 nitrogen and oxygen atoms in total. The average molecular weight is 341 g/mol. The maximum atomic E-state index is 12.0. The van der Waals surface area contributed by atoms with E-state index in [0.29, 0.717) is 11.6 Å². The number of hydrogen-bond donors (Lipinski definition) is 0. The predicted octanol–water partition coefficient (Wildman–Crippen LogP) is 4.23. The third-order valence-corrected chi connectivity index (χ3v) is 4.21. The van der Waals surface area contributed by atoms with Gasteiger partial charge >= 0.3 is 6.95 Å². The Balaban J connectivity index is 1.89. The second-order valence-corrected chi connectivity index (χ2v) is 7.65. The Kier molecular flexibility index (Phi) is 5.00. The van der Waals surface area contributed by atoms with Crippen molar-refractivity contribution in [2.45, 2.75) is 25.7 Å². The molecule has 1 aromatic rings. The van der Waals surface area contributed by atoms with Gasteiger partial charge in [0.2, 0.25) is 0 Å². The molecule has 0 amide bonds. The Hall–Kier alpha value is -0.290. The monoisotopic (exact) mass is 340 g/mol. The lowest BCUT2D eigenvalue weighted by molar-refractivity contribution is -0.141. The zero-order valence-electron chi connectivity index (χ0n) is 11.0. The lowest BCUT2D eigenvalue weighted by Gasteiger charge is -2.18. The van der Waals surface area contributed by atoms with Crippen LogP contribution in [0.5, 0.6) is 5.75 Å². The van der Waals surface area contributed by atoms with E-state index in [1.807, 2.05) is 0 Å². The fourth-order valence-electron chi connectivity index (χ4n) is 1.68. The molecule has 0 radical (unpaired) electrons. The third-order valence-electron chi connectivity index (χ3n) is 2.53. The number of para-hydroxylation sites is 1. The van der Waals surface area contributed by atoms with Crippen LogP contribution in [0.4, 0.5) is 0 Å². The first kappa shape index (κ1) is 16.1. The van der Waals surface area contributed by atoms with E-state index in [0.717, 1.165) is 0 Å². The quantitative estimate of drug-likeness (QED) is 0.750. The van der Waals surface area contributed by atoms with Gasteiger partial charge < -0.3 is 14.0 Å². The minimum Gasteiger partial charge on any atom is -0.412 e. The van der Waals surface area contributed by atoms with E-state index in [1.54, 1.807) is 38.1 Å². The van der Waals surface area contributed by atoms with Crippen LogP contribution in [0.15, 0.2) is 24.3 Å². The van der Waals surface area contributed by atoms with Crippen molar-refractivity contribution in [1.29, 1.82) is 0 Å². The highest BCUT2D eigenvalue weighted by molar-refractivity contribution is 7.81. The molecule has 0 aliphatic carbocycles. The summed E-state index contributed by atoms with van der Waals surface area (Å²) in [5, 5.41) is 0.304. The normalized spacial score (nSPS) is 24.3. The van der Waals surface area contributed by atoms with Gasteiger partial charge in [-0.1, -0.05) is 23.7 Å². The molecule has 0 aromatic heterocycles. The van der Waals surface area contributed by atoms with Gasteiger partial charge in [0.05, 0.1) is 18.2 Å². The van der Waals surface area contributed by atoms with Crippen LogP contribution >= 0.6 is 29.8 Å². The number of rotatable bonds is 5. The molecule has 2 rings (SSSR count). The van der Waals surface area contributed by atoms with E-state index < -0.39 is 12.7 Å². The molecule has 1 aliphatic heterocycles. The minimum absolute atomic E-state index is 0.00859. The Bertz CT molecular complexity index is 522. The molecular formula is C12H15Cl2O5P. The van der Waals surface area contributed by atoms with E-state index in [-0.39, 0.29) is 18.5 Å². The van der Waals surface area contributed by atoms with E-state index in [1.165, 1.54) is 0 Å². The summed E-state index contributed by atoms with van der Waals surface area (Å²) in [5.74, 6) is -0.468. The minimum atomic E-state index is -3.78. The van der Waals surface area contributed by atoms with Gasteiger partial charge in [0.1, 0.15) is 11.9 Å². The highest BCUT2D eigenvalue weighted by atomic mass is 35.7. The standard InChI is InChI=1S/C12H15Cl2O5P/c1-12(2)16-7-9(18-12)8-17-20(14,15)19-11-6-4-3-5-10(11)13/h3-6,9H,7-8H2,1-2H3/t9-,20?/m1/s1. The number of benzene rings is 1. The summed E-state index contributed by atoms with van der Waals surface area (Å²) in [4.78, 5) is 0. The highest BCUT2D eigenvalue weighted by Gasteiger charge is 2.35. The van der Waals surface area contributed by atoms with Crippen molar-refractivity contribution in [1.82, 2.24) is 0 Å². The van der Waals surface area contributed by atoms with Gasteiger partial charge in [-0.3, -0.25) is 4.52 Å². The van der Waals surface area contributed by atoms with Crippen LogP contribution < -0.4 is 4.52 Å². The van der Waals surface area contributed by atoms with Crippen LogP contribution in [-0.4, -0.2) is 25.1 Å². The zero-order chi connectivity index (χ0) is 14.8. The van der Waals surface area contributed by atoms with Gasteiger partial charge in [-0.25, -0.2) is 4.57 Å². The lowest BCUT2D eigenvalue weighted by atomic mass is 10.3. The van der Waals surface area contributed by atoms with E-state index >= 15 is 0 Å². The van der Waals surface area contributed by atoms with Crippen molar-refractivity contribution < 1.29 is 23.1 Å².